The molecule has 0 unspecified atom stereocenters. The zero-order valence-electron chi connectivity index (χ0n) is 17.7. The molecule has 1 fully saturated rings. The number of nitrogens with zero attached hydrogens (tertiary/aromatic N) is 3. The van der Waals surface area contributed by atoms with Crippen molar-refractivity contribution in [2.75, 3.05) is 41.8 Å². The molecule has 0 radical (unpaired) electrons. The van der Waals surface area contributed by atoms with Crippen molar-refractivity contribution in [3.63, 3.8) is 0 Å². The number of nitrogens with one attached hydrogen (secondary N) is 2. The van der Waals surface area contributed by atoms with Gasteiger partial charge in [-0.05, 0) is 43.3 Å². The highest BCUT2D eigenvalue weighted by molar-refractivity contribution is 6.04. The average molecular weight is 429 g/mol. The number of aromatic nitrogens is 2. The van der Waals surface area contributed by atoms with Crippen molar-refractivity contribution >= 4 is 39.9 Å². The van der Waals surface area contributed by atoms with Crippen LogP contribution in [0.1, 0.15) is 16.4 Å². The minimum absolute atomic E-state index is 0.278. The first kappa shape index (κ1) is 20.0. The van der Waals surface area contributed by atoms with Gasteiger partial charge in [0, 0.05) is 35.9 Å². The third kappa shape index (κ3) is 4.40. The molecule has 3 heterocycles. The molecule has 162 valence electrons. The maximum Gasteiger partial charge on any atom is 0.291 e. The van der Waals surface area contributed by atoms with Gasteiger partial charge in [0.15, 0.2) is 5.76 Å². The smallest absolute Gasteiger partial charge is 0.291 e. The number of ether oxygens (including phenoxy) is 1. The minimum atomic E-state index is -0.288. The lowest BCUT2D eigenvalue weighted by Crippen LogP contribution is -2.36. The summed E-state index contributed by atoms with van der Waals surface area (Å²) >= 11 is 0. The Bertz CT molecular complexity index is 1210. The van der Waals surface area contributed by atoms with Crippen molar-refractivity contribution < 1.29 is 13.9 Å². The maximum atomic E-state index is 12.5. The molecule has 1 aliphatic heterocycles. The van der Waals surface area contributed by atoms with E-state index in [4.69, 9.17) is 9.15 Å². The number of benzene rings is 2. The van der Waals surface area contributed by atoms with Crippen molar-refractivity contribution in [2.24, 2.45) is 0 Å². The highest BCUT2D eigenvalue weighted by Gasteiger charge is 2.15. The second kappa shape index (κ2) is 8.68. The van der Waals surface area contributed by atoms with Crippen LogP contribution >= 0.6 is 0 Å². The van der Waals surface area contributed by atoms with Gasteiger partial charge in [-0.3, -0.25) is 4.79 Å². The maximum absolute atomic E-state index is 12.5. The van der Waals surface area contributed by atoms with Gasteiger partial charge in [0.1, 0.15) is 23.0 Å². The molecule has 8 nitrogen and oxygen atoms in total. The third-order valence-electron chi connectivity index (χ3n) is 5.22. The lowest BCUT2D eigenvalue weighted by atomic mass is 10.2. The molecule has 8 heteroatoms. The second-order valence-electron chi connectivity index (χ2n) is 7.56. The number of carbonyl (C=O) groups is 1. The number of carbonyl (C=O) groups excluding carboxylic acids is 1. The molecule has 1 aliphatic rings. The van der Waals surface area contributed by atoms with E-state index in [1.807, 2.05) is 61.5 Å². The highest BCUT2D eigenvalue weighted by Crippen LogP contribution is 2.23. The number of furan rings is 1. The van der Waals surface area contributed by atoms with E-state index in [2.05, 4.69) is 25.5 Å². The zero-order chi connectivity index (χ0) is 21.9. The minimum Gasteiger partial charge on any atom is -0.451 e. The topological polar surface area (TPSA) is 92.5 Å². The largest absolute Gasteiger partial charge is 0.451 e. The average Bonchev–Trinajstić information content (AvgIpc) is 3.25. The van der Waals surface area contributed by atoms with Gasteiger partial charge in [0.05, 0.1) is 13.2 Å². The molecule has 0 bridgehead atoms. The van der Waals surface area contributed by atoms with Gasteiger partial charge in [0.2, 0.25) is 0 Å². The van der Waals surface area contributed by atoms with Crippen LogP contribution in [0.3, 0.4) is 0 Å². The Kier molecular flexibility index (Phi) is 5.43. The molecule has 0 atom stereocenters. The van der Waals surface area contributed by atoms with E-state index in [0.717, 1.165) is 35.8 Å². The van der Waals surface area contributed by atoms with Gasteiger partial charge in [-0.1, -0.05) is 18.2 Å². The predicted octanol–water partition coefficient (Wildman–Crippen LogP) is 4.36. The molecule has 5 rings (SSSR count). The SMILES string of the molecule is Cc1nc(Nc2ccc(NC(=O)c3cc4ccccc4o3)cc2)cc(N2CCOCC2)n1. The van der Waals surface area contributed by atoms with Crippen LogP contribution < -0.4 is 15.5 Å². The Hall–Kier alpha value is -3.91. The van der Waals surface area contributed by atoms with E-state index in [9.17, 15) is 4.79 Å². The van der Waals surface area contributed by atoms with Gasteiger partial charge in [-0.15, -0.1) is 0 Å². The Balaban J connectivity index is 1.26. The molecule has 2 aromatic heterocycles. The van der Waals surface area contributed by atoms with Crippen molar-refractivity contribution in [1.82, 2.24) is 9.97 Å². The van der Waals surface area contributed by atoms with Gasteiger partial charge < -0.3 is 24.7 Å². The van der Waals surface area contributed by atoms with Gasteiger partial charge in [-0.2, -0.15) is 0 Å². The number of hydrogen-bond acceptors (Lipinski definition) is 7. The third-order valence-corrected chi connectivity index (χ3v) is 5.22. The molecule has 2 aromatic carbocycles. The number of hydrogen-bond donors (Lipinski definition) is 2. The van der Waals surface area contributed by atoms with Gasteiger partial charge in [-0.25, -0.2) is 9.97 Å². The predicted molar refractivity (Wildman–Crippen MR) is 124 cm³/mol. The van der Waals surface area contributed by atoms with Crippen molar-refractivity contribution in [1.29, 1.82) is 0 Å². The van der Waals surface area contributed by atoms with E-state index in [1.165, 1.54) is 0 Å². The summed E-state index contributed by atoms with van der Waals surface area (Å²) in [7, 11) is 0. The van der Waals surface area contributed by atoms with E-state index in [0.29, 0.717) is 30.3 Å². The molecule has 0 spiro atoms. The number of amides is 1. The van der Waals surface area contributed by atoms with Gasteiger partial charge >= 0.3 is 0 Å². The summed E-state index contributed by atoms with van der Waals surface area (Å²) in [6, 6.07) is 18.7. The fraction of sp³-hybridized carbons (Fsp3) is 0.208. The number of fused-ring (bicyclic) bond motifs is 1. The van der Waals surface area contributed by atoms with Crippen molar-refractivity contribution in [2.45, 2.75) is 6.92 Å². The summed E-state index contributed by atoms with van der Waals surface area (Å²) in [5.74, 6) is 2.30. The van der Waals surface area contributed by atoms with Crippen LogP contribution in [-0.4, -0.2) is 42.2 Å². The molecule has 1 amide bonds. The lowest BCUT2D eigenvalue weighted by Gasteiger charge is -2.28. The fourth-order valence-corrected chi connectivity index (χ4v) is 3.64. The first-order chi connectivity index (χ1) is 15.6. The molecule has 2 N–H and O–H groups in total. The molecular weight excluding hydrogens is 406 g/mol. The zero-order valence-corrected chi connectivity index (χ0v) is 17.7. The number of rotatable bonds is 5. The first-order valence-corrected chi connectivity index (χ1v) is 10.5. The van der Waals surface area contributed by atoms with Crippen molar-refractivity contribution in [3.8, 4) is 0 Å². The molecule has 32 heavy (non-hydrogen) atoms. The van der Waals surface area contributed by atoms with Crippen LogP contribution in [0.4, 0.5) is 23.0 Å². The molecule has 0 aliphatic carbocycles. The second-order valence-corrected chi connectivity index (χ2v) is 7.56. The normalized spacial score (nSPS) is 13.8. The van der Waals surface area contributed by atoms with Crippen LogP contribution in [0, 0.1) is 6.92 Å². The Morgan fingerprint density at radius 1 is 0.969 bits per heavy atom. The quantitative estimate of drug-likeness (QED) is 0.487. The Morgan fingerprint density at radius 3 is 2.50 bits per heavy atom. The van der Waals surface area contributed by atoms with Gasteiger partial charge in [0.25, 0.3) is 5.91 Å². The van der Waals surface area contributed by atoms with E-state index >= 15 is 0 Å². The molecule has 0 saturated carbocycles. The number of para-hydroxylation sites is 1. The Labute approximate surface area is 185 Å². The van der Waals surface area contributed by atoms with E-state index < -0.39 is 0 Å². The van der Waals surface area contributed by atoms with Crippen LogP contribution in [-0.2, 0) is 4.74 Å². The summed E-state index contributed by atoms with van der Waals surface area (Å²) in [5.41, 5.74) is 2.22. The standard InChI is InChI=1S/C24H23N5O3/c1-16-25-22(15-23(26-16)29-10-12-31-13-11-29)27-18-6-8-19(9-7-18)28-24(30)21-14-17-4-2-3-5-20(17)32-21/h2-9,14-15H,10-13H2,1H3,(H,28,30)(H,25,26,27). The highest BCUT2D eigenvalue weighted by atomic mass is 16.5. The summed E-state index contributed by atoms with van der Waals surface area (Å²) in [6.45, 7) is 4.91. The van der Waals surface area contributed by atoms with Crippen LogP contribution in [0.15, 0.2) is 65.1 Å². The number of morpholine rings is 1. The lowest BCUT2D eigenvalue weighted by molar-refractivity contribution is 0.0998. The summed E-state index contributed by atoms with van der Waals surface area (Å²) in [5, 5.41) is 7.08. The molecular formula is C24H23N5O3. The number of aryl methyl sites for hydroxylation is 1. The summed E-state index contributed by atoms with van der Waals surface area (Å²) < 4.78 is 11.0. The van der Waals surface area contributed by atoms with Crippen LogP contribution in [0.5, 0.6) is 0 Å². The summed E-state index contributed by atoms with van der Waals surface area (Å²) in [4.78, 5) is 23.8. The van der Waals surface area contributed by atoms with E-state index in [-0.39, 0.29) is 11.7 Å². The first-order valence-electron chi connectivity index (χ1n) is 10.5. The van der Waals surface area contributed by atoms with Crippen molar-refractivity contribution in [3.05, 3.63) is 72.2 Å². The molecule has 1 saturated heterocycles. The fourth-order valence-electron chi connectivity index (χ4n) is 3.64. The monoisotopic (exact) mass is 429 g/mol. The molecule has 4 aromatic rings. The van der Waals surface area contributed by atoms with Crippen LogP contribution in [0.25, 0.3) is 11.0 Å². The Morgan fingerprint density at radius 2 is 1.72 bits per heavy atom. The van der Waals surface area contributed by atoms with Crippen LogP contribution in [0.2, 0.25) is 0 Å². The summed E-state index contributed by atoms with van der Waals surface area (Å²) in [6.07, 6.45) is 0. The number of anilines is 4. The van der Waals surface area contributed by atoms with E-state index in [1.54, 1.807) is 6.07 Å².